The lowest BCUT2D eigenvalue weighted by Gasteiger charge is -2.15. The lowest BCUT2D eigenvalue weighted by Crippen LogP contribution is -2.41. The van der Waals surface area contributed by atoms with Crippen LogP contribution in [0.4, 0.5) is 0 Å². The molecule has 12 heavy (non-hydrogen) atoms. The van der Waals surface area contributed by atoms with E-state index in [0.29, 0.717) is 24.7 Å². The van der Waals surface area contributed by atoms with Crippen molar-refractivity contribution in [2.45, 2.75) is 38.5 Å². The van der Waals surface area contributed by atoms with Gasteiger partial charge in [0.15, 0.2) is 0 Å². The minimum absolute atomic E-state index is 0.164. The number of hydrogen-bond acceptors (Lipinski definition) is 3. The van der Waals surface area contributed by atoms with Gasteiger partial charge in [-0.1, -0.05) is 13.8 Å². The Balaban J connectivity index is 1.80. The molecular formula is C9H17NO2. The van der Waals surface area contributed by atoms with Crippen molar-refractivity contribution in [1.82, 2.24) is 5.32 Å². The summed E-state index contributed by atoms with van der Waals surface area (Å²) in [5, 5.41) is 12.9. The van der Waals surface area contributed by atoms with Crippen molar-refractivity contribution in [1.29, 1.82) is 0 Å². The van der Waals surface area contributed by atoms with Crippen molar-refractivity contribution in [3.8, 4) is 0 Å². The van der Waals surface area contributed by atoms with E-state index in [1.165, 1.54) is 6.42 Å². The van der Waals surface area contributed by atoms with Crippen molar-refractivity contribution in [3.63, 3.8) is 0 Å². The van der Waals surface area contributed by atoms with Crippen molar-refractivity contribution in [2.75, 3.05) is 13.2 Å². The Morgan fingerprint density at radius 1 is 1.42 bits per heavy atom. The number of aliphatic hydroxyl groups excluding tert-OH is 1. The van der Waals surface area contributed by atoms with E-state index >= 15 is 0 Å². The van der Waals surface area contributed by atoms with E-state index in [1.54, 1.807) is 0 Å². The van der Waals surface area contributed by atoms with E-state index in [2.05, 4.69) is 19.2 Å². The molecule has 0 spiro atoms. The summed E-state index contributed by atoms with van der Waals surface area (Å²) in [6.45, 7) is 5.64. The van der Waals surface area contributed by atoms with Gasteiger partial charge in [-0.25, -0.2) is 0 Å². The van der Waals surface area contributed by atoms with E-state index in [-0.39, 0.29) is 12.1 Å². The molecule has 0 aromatic rings. The molecule has 1 heterocycles. The van der Waals surface area contributed by atoms with Gasteiger partial charge in [0, 0.05) is 6.04 Å². The van der Waals surface area contributed by atoms with Gasteiger partial charge in [-0.05, 0) is 11.8 Å². The first-order valence-electron chi connectivity index (χ1n) is 4.61. The second-order valence-corrected chi connectivity index (χ2v) is 4.62. The highest BCUT2D eigenvalue weighted by atomic mass is 16.5. The number of hydrogen-bond donors (Lipinski definition) is 2. The van der Waals surface area contributed by atoms with Crippen LogP contribution in [0.25, 0.3) is 0 Å². The third-order valence-electron chi connectivity index (χ3n) is 2.98. The third-order valence-corrected chi connectivity index (χ3v) is 2.98. The molecule has 3 unspecified atom stereocenters. The average molecular weight is 171 g/mol. The monoisotopic (exact) mass is 171 g/mol. The first-order chi connectivity index (χ1) is 5.59. The van der Waals surface area contributed by atoms with E-state index in [4.69, 9.17) is 4.74 Å². The molecule has 3 heteroatoms. The zero-order valence-electron chi connectivity index (χ0n) is 7.71. The maximum absolute atomic E-state index is 9.45. The van der Waals surface area contributed by atoms with Crippen LogP contribution in [0.5, 0.6) is 0 Å². The minimum atomic E-state index is -0.304. The largest absolute Gasteiger partial charge is 0.389 e. The molecule has 1 aliphatic carbocycles. The lowest BCUT2D eigenvalue weighted by molar-refractivity contribution is 0.122. The van der Waals surface area contributed by atoms with Gasteiger partial charge in [-0.15, -0.1) is 0 Å². The van der Waals surface area contributed by atoms with Crippen LogP contribution in [0.3, 0.4) is 0 Å². The zero-order valence-corrected chi connectivity index (χ0v) is 7.71. The van der Waals surface area contributed by atoms with Gasteiger partial charge < -0.3 is 15.2 Å². The molecule has 0 aromatic heterocycles. The van der Waals surface area contributed by atoms with E-state index in [9.17, 15) is 5.11 Å². The zero-order chi connectivity index (χ0) is 8.77. The summed E-state index contributed by atoms with van der Waals surface area (Å²) in [5.74, 6) is 0. The molecule has 0 radical (unpaired) electrons. The van der Waals surface area contributed by atoms with E-state index in [1.807, 2.05) is 0 Å². The highest BCUT2D eigenvalue weighted by molar-refractivity contribution is 5.03. The Hall–Kier alpha value is -0.120. The minimum Gasteiger partial charge on any atom is -0.389 e. The van der Waals surface area contributed by atoms with Gasteiger partial charge in [0.05, 0.1) is 25.4 Å². The fourth-order valence-corrected chi connectivity index (χ4v) is 1.71. The summed E-state index contributed by atoms with van der Waals surface area (Å²) in [7, 11) is 0. The summed E-state index contributed by atoms with van der Waals surface area (Å²) < 4.78 is 5.15. The summed E-state index contributed by atoms with van der Waals surface area (Å²) in [4.78, 5) is 0. The summed E-state index contributed by atoms with van der Waals surface area (Å²) in [6, 6.07) is 0.746. The second-order valence-electron chi connectivity index (χ2n) is 4.62. The van der Waals surface area contributed by atoms with Crippen molar-refractivity contribution >= 4 is 0 Å². The molecule has 1 saturated carbocycles. The highest BCUT2D eigenvalue weighted by Crippen LogP contribution is 2.45. The van der Waals surface area contributed by atoms with Gasteiger partial charge >= 0.3 is 0 Å². The Kier molecular flexibility index (Phi) is 1.90. The normalized spacial score (nSPS) is 44.8. The van der Waals surface area contributed by atoms with Crippen molar-refractivity contribution in [3.05, 3.63) is 0 Å². The van der Waals surface area contributed by atoms with Crippen LogP contribution in [0.15, 0.2) is 0 Å². The molecule has 2 aliphatic rings. The highest BCUT2D eigenvalue weighted by Gasteiger charge is 2.47. The van der Waals surface area contributed by atoms with Crippen LogP contribution >= 0.6 is 0 Å². The predicted molar refractivity (Wildman–Crippen MR) is 45.9 cm³/mol. The van der Waals surface area contributed by atoms with Crippen LogP contribution in [-0.4, -0.2) is 36.5 Å². The second kappa shape index (κ2) is 2.69. The number of aliphatic hydroxyl groups is 1. The van der Waals surface area contributed by atoms with Gasteiger partial charge in [0.1, 0.15) is 0 Å². The summed E-state index contributed by atoms with van der Waals surface area (Å²) in [6.07, 6.45) is 0.914. The van der Waals surface area contributed by atoms with Gasteiger partial charge in [-0.3, -0.25) is 0 Å². The van der Waals surface area contributed by atoms with Crippen molar-refractivity contribution in [2.24, 2.45) is 5.41 Å². The van der Waals surface area contributed by atoms with Crippen molar-refractivity contribution < 1.29 is 9.84 Å². The average Bonchev–Trinajstić information content (AvgIpc) is 2.39. The molecule has 70 valence electrons. The molecule has 0 amide bonds. The number of rotatable bonds is 2. The standard InChI is InChI=1S/C9H17NO2/c1-9(2)3-8(9)10-6-4-12-5-7(6)11/h6-8,10-11H,3-5H2,1-2H3. The SMILES string of the molecule is CC1(C)CC1NC1COCC1O. The maximum atomic E-state index is 9.45. The summed E-state index contributed by atoms with van der Waals surface area (Å²) >= 11 is 0. The maximum Gasteiger partial charge on any atom is 0.0948 e. The first kappa shape index (κ1) is 8.48. The van der Waals surface area contributed by atoms with Gasteiger partial charge in [0.25, 0.3) is 0 Å². The number of ether oxygens (including phenoxy) is 1. The Bertz CT molecular complexity index is 181. The molecule has 0 bridgehead atoms. The fraction of sp³-hybridized carbons (Fsp3) is 1.00. The van der Waals surface area contributed by atoms with E-state index < -0.39 is 0 Å². The van der Waals surface area contributed by atoms with E-state index in [0.717, 1.165) is 0 Å². The molecule has 2 fully saturated rings. The molecule has 3 nitrogen and oxygen atoms in total. The van der Waals surface area contributed by atoms with Crippen LogP contribution in [0, 0.1) is 5.41 Å². The quantitative estimate of drug-likeness (QED) is 0.620. The van der Waals surface area contributed by atoms with Crippen LogP contribution < -0.4 is 5.32 Å². The Labute approximate surface area is 73.1 Å². The van der Waals surface area contributed by atoms with Gasteiger partial charge in [0.2, 0.25) is 0 Å². The Morgan fingerprint density at radius 3 is 2.50 bits per heavy atom. The summed E-state index contributed by atoms with van der Waals surface area (Å²) in [5.41, 5.74) is 0.433. The molecule has 1 aliphatic heterocycles. The fourth-order valence-electron chi connectivity index (χ4n) is 1.71. The predicted octanol–water partition coefficient (Wildman–Crippen LogP) is 0.134. The molecule has 0 aromatic carbocycles. The molecule has 3 atom stereocenters. The number of nitrogens with one attached hydrogen (secondary N) is 1. The van der Waals surface area contributed by atoms with Crippen LogP contribution in [0.1, 0.15) is 20.3 Å². The topological polar surface area (TPSA) is 41.5 Å². The molecule has 1 saturated heterocycles. The molecule has 2 N–H and O–H groups in total. The van der Waals surface area contributed by atoms with Crippen LogP contribution in [0.2, 0.25) is 0 Å². The lowest BCUT2D eigenvalue weighted by atomic mass is 10.1. The van der Waals surface area contributed by atoms with Gasteiger partial charge in [-0.2, -0.15) is 0 Å². The third kappa shape index (κ3) is 1.49. The Morgan fingerprint density at radius 2 is 2.08 bits per heavy atom. The first-order valence-corrected chi connectivity index (χ1v) is 4.61. The molecular weight excluding hydrogens is 154 g/mol. The van der Waals surface area contributed by atoms with Crippen LogP contribution in [-0.2, 0) is 4.74 Å². The smallest absolute Gasteiger partial charge is 0.0948 e. The molecule has 2 rings (SSSR count).